The average Bonchev–Trinajstić information content (AvgIpc) is 3.36. The van der Waals surface area contributed by atoms with Crippen LogP contribution in [0.25, 0.3) is 11.0 Å². The Kier molecular flexibility index (Phi) is 5.45. The van der Waals surface area contributed by atoms with Gasteiger partial charge in [0.05, 0.1) is 12.8 Å². The van der Waals surface area contributed by atoms with Crippen LogP contribution in [0.15, 0.2) is 69.7 Å². The van der Waals surface area contributed by atoms with Crippen molar-refractivity contribution < 1.29 is 13.6 Å². The van der Waals surface area contributed by atoms with E-state index in [2.05, 4.69) is 13.0 Å². The Morgan fingerprint density at radius 3 is 2.48 bits per heavy atom. The predicted octanol–water partition coefficient (Wildman–Crippen LogP) is 6.39. The molecular formula is C24H22ClNO3. The van der Waals surface area contributed by atoms with Gasteiger partial charge < -0.3 is 13.7 Å². The third-order valence-electron chi connectivity index (χ3n) is 5.10. The van der Waals surface area contributed by atoms with Crippen LogP contribution in [0.1, 0.15) is 39.9 Å². The zero-order valence-corrected chi connectivity index (χ0v) is 17.2. The summed E-state index contributed by atoms with van der Waals surface area (Å²) in [6.07, 6.45) is 2.55. The lowest BCUT2D eigenvalue weighted by molar-refractivity contribution is 0.0686. The van der Waals surface area contributed by atoms with Crippen LogP contribution in [0.3, 0.4) is 0 Å². The van der Waals surface area contributed by atoms with Crippen LogP contribution < -0.4 is 0 Å². The van der Waals surface area contributed by atoms with Crippen molar-refractivity contribution in [2.45, 2.75) is 33.4 Å². The zero-order valence-electron chi connectivity index (χ0n) is 16.4. The van der Waals surface area contributed by atoms with Crippen LogP contribution in [0.2, 0.25) is 5.02 Å². The van der Waals surface area contributed by atoms with Crippen molar-refractivity contribution in [3.63, 3.8) is 0 Å². The summed E-state index contributed by atoms with van der Waals surface area (Å²) in [5.74, 6) is 0.922. The van der Waals surface area contributed by atoms with Crippen LogP contribution in [0, 0.1) is 6.92 Å². The summed E-state index contributed by atoms with van der Waals surface area (Å²) >= 11 is 6.00. The molecule has 0 atom stereocenters. The largest absolute Gasteiger partial charge is 0.467 e. The third kappa shape index (κ3) is 4.08. The lowest BCUT2D eigenvalue weighted by Gasteiger charge is -2.21. The maximum absolute atomic E-state index is 13.5. The number of aryl methyl sites for hydroxylation is 2. The number of furan rings is 2. The summed E-state index contributed by atoms with van der Waals surface area (Å²) in [6.45, 7) is 4.82. The number of fused-ring (bicyclic) bond motifs is 1. The summed E-state index contributed by atoms with van der Waals surface area (Å²) in [5.41, 5.74) is 3.79. The van der Waals surface area contributed by atoms with Gasteiger partial charge in [0.1, 0.15) is 11.3 Å². The maximum atomic E-state index is 13.5. The average molecular weight is 408 g/mol. The molecule has 0 bridgehead atoms. The minimum absolute atomic E-state index is 0.164. The molecule has 0 aliphatic heterocycles. The molecule has 4 nitrogen and oxygen atoms in total. The van der Waals surface area contributed by atoms with Gasteiger partial charge >= 0.3 is 0 Å². The van der Waals surface area contributed by atoms with Crippen LogP contribution >= 0.6 is 11.6 Å². The fourth-order valence-electron chi connectivity index (χ4n) is 3.44. The molecule has 1 amide bonds. The molecule has 0 unspecified atom stereocenters. The van der Waals surface area contributed by atoms with E-state index in [1.165, 1.54) is 5.56 Å². The van der Waals surface area contributed by atoms with E-state index >= 15 is 0 Å². The van der Waals surface area contributed by atoms with E-state index in [4.69, 9.17) is 20.4 Å². The number of carbonyl (C=O) groups excluding carboxylic acids is 1. The van der Waals surface area contributed by atoms with Crippen molar-refractivity contribution in [3.05, 3.63) is 94.1 Å². The van der Waals surface area contributed by atoms with E-state index in [0.29, 0.717) is 29.6 Å². The second-order valence-electron chi connectivity index (χ2n) is 7.11. The molecule has 2 aromatic heterocycles. The highest BCUT2D eigenvalue weighted by Crippen LogP contribution is 2.28. The first-order valence-corrected chi connectivity index (χ1v) is 10.0. The summed E-state index contributed by atoms with van der Waals surface area (Å²) in [6, 6.07) is 17.2. The van der Waals surface area contributed by atoms with Crippen molar-refractivity contribution in [3.8, 4) is 0 Å². The molecule has 0 fully saturated rings. The summed E-state index contributed by atoms with van der Waals surface area (Å²) in [7, 11) is 0. The van der Waals surface area contributed by atoms with Gasteiger partial charge in [0.15, 0.2) is 5.76 Å². The van der Waals surface area contributed by atoms with Gasteiger partial charge in [-0.05, 0) is 60.9 Å². The summed E-state index contributed by atoms with van der Waals surface area (Å²) in [5, 5.41) is 1.65. The lowest BCUT2D eigenvalue weighted by Crippen LogP contribution is -2.30. The number of nitrogens with zero attached hydrogens (tertiary/aromatic N) is 1. The van der Waals surface area contributed by atoms with E-state index in [1.54, 1.807) is 11.2 Å². The normalized spacial score (nSPS) is 11.1. The first kappa shape index (κ1) is 19.3. The second kappa shape index (κ2) is 8.18. The Morgan fingerprint density at radius 2 is 1.79 bits per heavy atom. The molecule has 2 aromatic carbocycles. The van der Waals surface area contributed by atoms with Gasteiger partial charge in [-0.2, -0.15) is 0 Å². The Hall–Kier alpha value is -2.98. The van der Waals surface area contributed by atoms with Gasteiger partial charge in [0.2, 0.25) is 0 Å². The Morgan fingerprint density at radius 1 is 1.03 bits per heavy atom. The van der Waals surface area contributed by atoms with E-state index in [9.17, 15) is 4.79 Å². The Labute approximate surface area is 174 Å². The molecule has 29 heavy (non-hydrogen) atoms. The highest BCUT2D eigenvalue weighted by Gasteiger charge is 2.24. The lowest BCUT2D eigenvalue weighted by atomic mass is 10.1. The maximum Gasteiger partial charge on any atom is 0.290 e. The Balaban J connectivity index is 1.69. The predicted molar refractivity (Wildman–Crippen MR) is 114 cm³/mol. The van der Waals surface area contributed by atoms with Gasteiger partial charge in [0.25, 0.3) is 5.91 Å². The molecule has 148 valence electrons. The van der Waals surface area contributed by atoms with Crippen LogP contribution in [0.5, 0.6) is 0 Å². The smallest absolute Gasteiger partial charge is 0.290 e. The van der Waals surface area contributed by atoms with Gasteiger partial charge in [-0.15, -0.1) is 0 Å². The summed E-state index contributed by atoms with van der Waals surface area (Å²) < 4.78 is 11.5. The first-order valence-electron chi connectivity index (χ1n) is 9.63. The minimum atomic E-state index is -0.164. The minimum Gasteiger partial charge on any atom is -0.467 e. The summed E-state index contributed by atoms with van der Waals surface area (Å²) in [4.78, 5) is 15.2. The molecule has 0 radical (unpaired) electrons. The van der Waals surface area contributed by atoms with Gasteiger partial charge in [-0.3, -0.25) is 4.79 Å². The van der Waals surface area contributed by atoms with Crippen molar-refractivity contribution in [1.29, 1.82) is 0 Å². The number of carbonyl (C=O) groups is 1. The van der Waals surface area contributed by atoms with E-state index in [-0.39, 0.29) is 5.91 Å². The number of hydrogen-bond acceptors (Lipinski definition) is 3. The molecule has 4 aromatic rings. The molecule has 0 aliphatic rings. The fourth-order valence-corrected chi connectivity index (χ4v) is 3.56. The molecule has 0 spiro atoms. The van der Waals surface area contributed by atoms with Crippen LogP contribution in [-0.4, -0.2) is 10.8 Å². The number of halogens is 1. The molecular weight excluding hydrogens is 386 g/mol. The molecule has 5 heteroatoms. The number of hydrogen-bond donors (Lipinski definition) is 0. The monoisotopic (exact) mass is 407 g/mol. The third-order valence-corrected chi connectivity index (χ3v) is 5.36. The standard InChI is InChI=1S/C24H22ClNO3/c1-3-17-8-11-22-21(13-17)16(2)23(29-22)24(27)26(15-20-5-4-12-28-20)14-18-6-9-19(25)10-7-18/h4-13H,3,14-15H2,1-2H3. The van der Waals surface area contributed by atoms with E-state index in [0.717, 1.165) is 28.5 Å². The SMILES string of the molecule is CCc1ccc2oc(C(=O)N(Cc3ccc(Cl)cc3)Cc3ccco3)c(C)c2c1. The van der Waals surface area contributed by atoms with Crippen molar-refractivity contribution in [1.82, 2.24) is 4.90 Å². The number of benzene rings is 2. The number of rotatable bonds is 6. The molecule has 0 saturated carbocycles. The number of amides is 1. The van der Waals surface area contributed by atoms with Gasteiger partial charge in [-0.25, -0.2) is 0 Å². The van der Waals surface area contributed by atoms with Crippen molar-refractivity contribution in [2.75, 3.05) is 0 Å². The zero-order chi connectivity index (χ0) is 20.4. The first-order chi connectivity index (χ1) is 14.0. The van der Waals surface area contributed by atoms with Crippen molar-refractivity contribution in [2.24, 2.45) is 0 Å². The molecule has 0 aliphatic carbocycles. The van der Waals surface area contributed by atoms with E-state index < -0.39 is 0 Å². The van der Waals surface area contributed by atoms with Gasteiger partial charge in [0, 0.05) is 22.5 Å². The highest BCUT2D eigenvalue weighted by atomic mass is 35.5. The molecule has 0 saturated heterocycles. The van der Waals surface area contributed by atoms with Crippen LogP contribution in [0.4, 0.5) is 0 Å². The fraction of sp³-hybridized carbons (Fsp3) is 0.208. The topological polar surface area (TPSA) is 46.6 Å². The van der Waals surface area contributed by atoms with Crippen LogP contribution in [-0.2, 0) is 19.5 Å². The second-order valence-corrected chi connectivity index (χ2v) is 7.54. The quantitative estimate of drug-likeness (QED) is 0.372. The molecule has 4 rings (SSSR count). The van der Waals surface area contributed by atoms with Gasteiger partial charge in [-0.1, -0.05) is 36.7 Å². The highest BCUT2D eigenvalue weighted by molar-refractivity contribution is 6.30. The van der Waals surface area contributed by atoms with Crippen molar-refractivity contribution >= 4 is 28.5 Å². The van der Waals surface area contributed by atoms with E-state index in [1.807, 2.05) is 55.5 Å². The Bertz CT molecular complexity index is 1130. The molecule has 2 heterocycles. The molecule has 0 N–H and O–H groups in total.